The first-order valence-electron chi connectivity index (χ1n) is 10.1. The van der Waals surface area contributed by atoms with E-state index in [0.717, 1.165) is 10.6 Å². The summed E-state index contributed by atoms with van der Waals surface area (Å²) < 4.78 is 18.5. The van der Waals surface area contributed by atoms with Gasteiger partial charge in [-0.15, -0.1) is 0 Å². The van der Waals surface area contributed by atoms with Crippen LogP contribution >= 0.6 is 11.5 Å². The molecule has 2 N–H and O–H groups in total. The van der Waals surface area contributed by atoms with Crippen molar-refractivity contribution in [3.8, 4) is 0 Å². The Morgan fingerprint density at radius 2 is 2.03 bits per heavy atom. The molecule has 2 aromatic heterocycles. The first-order chi connectivity index (χ1) is 15.3. The van der Waals surface area contributed by atoms with E-state index < -0.39 is 5.41 Å². The highest BCUT2D eigenvalue weighted by atomic mass is 32.1. The van der Waals surface area contributed by atoms with Crippen molar-refractivity contribution in [3.63, 3.8) is 0 Å². The molecular weight excluding hydrogens is 431 g/mol. The number of pyridine rings is 1. The number of anilines is 1. The molecule has 0 radical (unpaired) electrons. The Kier molecular flexibility index (Phi) is 5.88. The Labute approximate surface area is 189 Å². The van der Waals surface area contributed by atoms with Crippen LogP contribution < -0.4 is 10.6 Å². The van der Waals surface area contributed by atoms with Gasteiger partial charge in [-0.3, -0.25) is 9.78 Å². The number of nitrogens with one attached hydrogen (secondary N) is 2. The van der Waals surface area contributed by atoms with Crippen LogP contribution in [0.3, 0.4) is 0 Å². The van der Waals surface area contributed by atoms with E-state index in [9.17, 15) is 14.0 Å². The summed E-state index contributed by atoms with van der Waals surface area (Å²) in [4.78, 5) is 35.5. The molecule has 1 atom stereocenters. The largest absolute Gasteiger partial charge is 0.355 e. The number of likely N-dealkylation sites (tertiary alicyclic amines) is 1. The summed E-state index contributed by atoms with van der Waals surface area (Å²) >= 11 is 1.25. The van der Waals surface area contributed by atoms with Gasteiger partial charge in [0.1, 0.15) is 17.2 Å². The van der Waals surface area contributed by atoms with Crippen molar-refractivity contribution in [2.24, 2.45) is 0 Å². The highest BCUT2D eigenvalue weighted by Crippen LogP contribution is 2.42. The molecule has 1 aromatic carbocycles. The quantitative estimate of drug-likeness (QED) is 0.630. The number of nitrogens with zero attached hydrogens (tertiary/aromatic N) is 4. The lowest BCUT2D eigenvalue weighted by atomic mass is 9.80. The summed E-state index contributed by atoms with van der Waals surface area (Å²) in [5.41, 5.74) is 2.01. The minimum absolute atomic E-state index is 0.279. The van der Waals surface area contributed by atoms with Crippen LogP contribution in [0.1, 0.15) is 38.6 Å². The van der Waals surface area contributed by atoms with Crippen molar-refractivity contribution in [3.05, 3.63) is 70.0 Å². The van der Waals surface area contributed by atoms with Gasteiger partial charge in [-0.25, -0.2) is 14.2 Å². The molecule has 3 heterocycles. The lowest BCUT2D eigenvalue weighted by Crippen LogP contribution is -2.38. The second-order valence-electron chi connectivity index (χ2n) is 7.84. The van der Waals surface area contributed by atoms with Crippen LogP contribution in [0.15, 0.2) is 36.8 Å². The Hall–Kier alpha value is -3.40. The lowest BCUT2D eigenvalue weighted by Gasteiger charge is -2.28. The third-order valence-electron chi connectivity index (χ3n) is 5.81. The molecule has 10 heteroatoms. The van der Waals surface area contributed by atoms with E-state index in [1.54, 1.807) is 30.9 Å². The topological polar surface area (TPSA) is 100 Å². The number of benzene rings is 1. The Morgan fingerprint density at radius 1 is 1.22 bits per heavy atom. The second kappa shape index (κ2) is 8.62. The number of rotatable bonds is 4. The summed E-state index contributed by atoms with van der Waals surface area (Å²) in [5, 5.41) is 6.13. The molecule has 32 heavy (non-hydrogen) atoms. The summed E-state index contributed by atoms with van der Waals surface area (Å²) in [7, 11) is 1.52. The van der Waals surface area contributed by atoms with Crippen molar-refractivity contribution < 1.29 is 14.0 Å². The van der Waals surface area contributed by atoms with Crippen LogP contribution in [0.5, 0.6) is 0 Å². The highest BCUT2D eigenvalue weighted by Gasteiger charge is 2.45. The summed E-state index contributed by atoms with van der Waals surface area (Å²) in [6.07, 6.45) is 3.49. The maximum atomic E-state index is 14.4. The van der Waals surface area contributed by atoms with Gasteiger partial charge in [0.05, 0.1) is 16.7 Å². The van der Waals surface area contributed by atoms with Gasteiger partial charge < -0.3 is 15.5 Å². The van der Waals surface area contributed by atoms with Crippen LogP contribution in [0.4, 0.5) is 14.9 Å². The average Bonchev–Trinajstić information content (AvgIpc) is 3.46. The van der Waals surface area contributed by atoms with Crippen LogP contribution in [-0.2, 0) is 5.41 Å². The molecule has 3 aromatic rings. The maximum Gasteiger partial charge on any atom is 0.321 e. The van der Waals surface area contributed by atoms with E-state index in [2.05, 4.69) is 25.0 Å². The van der Waals surface area contributed by atoms with Crippen molar-refractivity contribution in [2.75, 3.05) is 25.5 Å². The standard InChI is InChI=1S/C22H23FN6O2S/c1-13-4-5-15(9-17(13)23)22(20-26-12-27-32-20)6-7-29(11-22)21(31)28-18-8-14(2)25-10-16(18)19(30)24-3/h4-5,8-10,12H,6-7,11H2,1-3H3,(H,24,30)(H,25,28,31)/t22-/m1/s1. The fourth-order valence-corrected chi connectivity index (χ4v) is 4.71. The van der Waals surface area contributed by atoms with E-state index in [4.69, 9.17) is 0 Å². The normalized spacial score (nSPS) is 17.9. The van der Waals surface area contributed by atoms with Crippen molar-refractivity contribution in [2.45, 2.75) is 25.7 Å². The monoisotopic (exact) mass is 454 g/mol. The summed E-state index contributed by atoms with van der Waals surface area (Å²) in [6, 6.07) is 6.46. The maximum absolute atomic E-state index is 14.4. The zero-order valence-electron chi connectivity index (χ0n) is 18.0. The average molecular weight is 455 g/mol. The van der Waals surface area contributed by atoms with Gasteiger partial charge in [0.2, 0.25) is 0 Å². The van der Waals surface area contributed by atoms with Crippen molar-refractivity contribution in [1.82, 2.24) is 24.6 Å². The second-order valence-corrected chi connectivity index (χ2v) is 8.62. The van der Waals surface area contributed by atoms with E-state index in [1.807, 2.05) is 6.07 Å². The molecule has 0 unspecified atom stereocenters. The van der Waals surface area contributed by atoms with Gasteiger partial charge in [0, 0.05) is 32.0 Å². The number of carbonyl (C=O) groups is 2. The fraction of sp³-hybridized carbons (Fsp3) is 0.318. The highest BCUT2D eigenvalue weighted by molar-refractivity contribution is 7.05. The minimum Gasteiger partial charge on any atom is -0.355 e. The van der Waals surface area contributed by atoms with Crippen LogP contribution in [0.2, 0.25) is 0 Å². The van der Waals surface area contributed by atoms with Gasteiger partial charge in [0.25, 0.3) is 5.91 Å². The smallest absolute Gasteiger partial charge is 0.321 e. The molecule has 1 fully saturated rings. The number of carbonyl (C=O) groups excluding carboxylic acids is 2. The lowest BCUT2D eigenvalue weighted by molar-refractivity contribution is 0.0963. The van der Waals surface area contributed by atoms with Gasteiger partial charge >= 0.3 is 6.03 Å². The van der Waals surface area contributed by atoms with Gasteiger partial charge in [-0.2, -0.15) is 4.37 Å². The number of aromatic nitrogens is 3. The Morgan fingerprint density at radius 3 is 2.72 bits per heavy atom. The number of amides is 3. The molecule has 0 bridgehead atoms. The van der Waals surface area contributed by atoms with Gasteiger partial charge in [-0.05, 0) is 55.1 Å². The van der Waals surface area contributed by atoms with E-state index in [1.165, 1.54) is 37.2 Å². The minimum atomic E-state index is -0.648. The predicted octanol–water partition coefficient (Wildman–Crippen LogP) is 3.27. The van der Waals surface area contributed by atoms with Crippen molar-refractivity contribution >= 4 is 29.2 Å². The number of halogens is 1. The fourth-order valence-electron chi connectivity index (χ4n) is 3.96. The van der Waals surface area contributed by atoms with Gasteiger partial charge in [0.15, 0.2) is 0 Å². The molecule has 0 saturated carbocycles. The predicted molar refractivity (Wildman–Crippen MR) is 119 cm³/mol. The molecule has 1 aliphatic heterocycles. The first kappa shape index (κ1) is 21.8. The SMILES string of the molecule is CNC(=O)c1cnc(C)cc1NC(=O)N1CC[C@@](c2ccc(C)c(F)c2)(c2ncns2)C1. The molecule has 0 spiro atoms. The number of aryl methyl sites for hydroxylation is 2. The summed E-state index contributed by atoms with van der Waals surface area (Å²) in [5.74, 6) is -0.635. The summed E-state index contributed by atoms with van der Waals surface area (Å²) in [6.45, 7) is 4.26. The van der Waals surface area contributed by atoms with Gasteiger partial charge in [-0.1, -0.05) is 12.1 Å². The molecule has 8 nitrogen and oxygen atoms in total. The number of hydrogen-bond donors (Lipinski definition) is 2. The van der Waals surface area contributed by atoms with Crippen LogP contribution in [0, 0.1) is 19.7 Å². The third-order valence-corrected chi connectivity index (χ3v) is 6.67. The molecule has 1 saturated heterocycles. The van der Waals surface area contributed by atoms with Crippen LogP contribution in [-0.4, -0.2) is 51.3 Å². The zero-order chi connectivity index (χ0) is 22.9. The molecular formula is C22H23FN6O2S. The number of urea groups is 1. The Balaban J connectivity index is 1.63. The first-order valence-corrected chi connectivity index (χ1v) is 10.9. The molecule has 3 amide bonds. The molecule has 166 valence electrons. The van der Waals surface area contributed by atoms with Crippen LogP contribution in [0.25, 0.3) is 0 Å². The number of hydrogen-bond acceptors (Lipinski definition) is 6. The van der Waals surface area contributed by atoms with E-state index >= 15 is 0 Å². The van der Waals surface area contributed by atoms with Crippen molar-refractivity contribution in [1.29, 1.82) is 0 Å². The van der Waals surface area contributed by atoms with E-state index in [0.29, 0.717) is 36.5 Å². The third kappa shape index (κ3) is 3.93. The molecule has 4 rings (SSSR count). The Bertz CT molecular complexity index is 1170. The van der Waals surface area contributed by atoms with E-state index in [-0.39, 0.29) is 23.3 Å². The molecule has 0 aliphatic carbocycles. The zero-order valence-corrected chi connectivity index (χ0v) is 18.8. The molecule has 1 aliphatic rings.